The second kappa shape index (κ2) is 7.78. The molecule has 2 N–H and O–H groups in total. The molecule has 1 aliphatic carbocycles. The Morgan fingerprint density at radius 2 is 1.78 bits per heavy atom. The van der Waals surface area contributed by atoms with Gasteiger partial charge >= 0.3 is 5.97 Å². The van der Waals surface area contributed by atoms with E-state index in [1.54, 1.807) is 6.07 Å². The van der Waals surface area contributed by atoms with Crippen molar-refractivity contribution in [3.05, 3.63) is 76.4 Å². The van der Waals surface area contributed by atoms with Crippen LogP contribution in [-0.4, -0.2) is 22.5 Å². The molecule has 0 spiro atoms. The Kier molecular flexibility index (Phi) is 5.45. The molecule has 0 saturated heterocycles. The summed E-state index contributed by atoms with van der Waals surface area (Å²) >= 11 is 0. The molecule has 2 aromatic carbocycles. The summed E-state index contributed by atoms with van der Waals surface area (Å²) in [5.74, 6) is -1.34. The van der Waals surface area contributed by atoms with Gasteiger partial charge in [0.1, 0.15) is 5.54 Å². The highest BCUT2D eigenvalue weighted by Crippen LogP contribution is 2.31. The number of carboxylic acids is 1. The molecule has 1 aliphatic rings. The van der Waals surface area contributed by atoms with E-state index in [0.717, 1.165) is 35.1 Å². The lowest BCUT2D eigenvalue weighted by atomic mass is 9.93. The second-order valence-corrected chi connectivity index (χ2v) is 7.19. The van der Waals surface area contributed by atoms with Gasteiger partial charge in [-0.25, -0.2) is 4.79 Å². The molecule has 140 valence electrons. The van der Waals surface area contributed by atoms with E-state index >= 15 is 0 Å². The first-order valence-electron chi connectivity index (χ1n) is 9.35. The monoisotopic (exact) mass is 363 g/mol. The van der Waals surface area contributed by atoms with Gasteiger partial charge in [0.25, 0.3) is 5.91 Å². The Bertz CT molecular complexity index is 873. The minimum atomic E-state index is -1.30. The van der Waals surface area contributed by atoms with Crippen LogP contribution in [0.5, 0.6) is 0 Å². The molecule has 4 nitrogen and oxygen atoms in total. The van der Waals surface area contributed by atoms with Crippen molar-refractivity contribution in [2.24, 2.45) is 0 Å². The van der Waals surface area contributed by atoms with E-state index in [9.17, 15) is 14.7 Å². The number of nitrogens with one attached hydrogen (secondary N) is 1. The molecule has 0 radical (unpaired) electrons. The summed E-state index contributed by atoms with van der Waals surface area (Å²) in [6.07, 6.45) is 6.59. The van der Waals surface area contributed by atoms with Crippen LogP contribution in [0.4, 0.5) is 0 Å². The van der Waals surface area contributed by atoms with Gasteiger partial charge in [-0.1, -0.05) is 61.9 Å². The molecule has 2 aromatic rings. The maximum atomic E-state index is 13.1. The Balaban J connectivity index is 1.91. The summed E-state index contributed by atoms with van der Waals surface area (Å²) in [5, 5.41) is 12.7. The van der Waals surface area contributed by atoms with Crippen LogP contribution in [0.15, 0.2) is 48.5 Å². The lowest BCUT2D eigenvalue weighted by Crippen LogP contribution is -2.55. The van der Waals surface area contributed by atoms with Gasteiger partial charge in [-0.05, 0) is 41.7 Å². The fourth-order valence-electron chi connectivity index (χ4n) is 3.66. The largest absolute Gasteiger partial charge is 0.479 e. The summed E-state index contributed by atoms with van der Waals surface area (Å²) in [5.41, 5.74) is 3.02. The Hall–Kier alpha value is -2.88. The first-order chi connectivity index (χ1) is 13.0. The van der Waals surface area contributed by atoms with Crippen molar-refractivity contribution in [1.29, 1.82) is 0 Å². The molecule has 0 fully saturated rings. The van der Waals surface area contributed by atoms with Crippen LogP contribution < -0.4 is 5.32 Å². The number of unbranched alkanes of at least 4 members (excludes halogenated alkanes) is 1. The van der Waals surface area contributed by atoms with E-state index in [-0.39, 0.29) is 5.91 Å². The average Bonchev–Trinajstić information content (AvgIpc) is 3.02. The van der Waals surface area contributed by atoms with Gasteiger partial charge in [0.2, 0.25) is 0 Å². The number of allylic oxidation sites excluding steroid dienone is 1. The number of hydrogen-bond donors (Lipinski definition) is 2. The van der Waals surface area contributed by atoms with Crippen molar-refractivity contribution in [3.8, 4) is 0 Å². The van der Waals surface area contributed by atoms with Gasteiger partial charge in [-0.2, -0.15) is 0 Å². The molecule has 3 rings (SSSR count). The molecule has 1 amide bonds. The third-order valence-electron chi connectivity index (χ3n) is 5.17. The van der Waals surface area contributed by atoms with Crippen LogP contribution in [0.25, 0.3) is 6.08 Å². The lowest BCUT2D eigenvalue weighted by molar-refractivity contribution is -0.144. The summed E-state index contributed by atoms with van der Waals surface area (Å²) in [4.78, 5) is 25.2. The van der Waals surface area contributed by atoms with Crippen molar-refractivity contribution in [2.45, 2.75) is 45.1 Å². The van der Waals surface area contributed by atoms with Crippen molar-refractivity contribution in [1.82, 2.24) is 5.32 Å². The number of amides is 1. The molecule has 0 aliphatic heterocycles. The highest BCUT2D eigenvalue weighted by atomic mass is 16.4. The lowest BCUT2D eigenvalue weighted by Gasteiger charge is -2.26. The molecule has 0 atom stereocenters. The zero-order chi connectivity index (χ0) is 19.4. The Labute approximate surface area is 159 Å². The summed E-state index contributed by atoms with van der Waals surface area (Å²) < 4.78 is 0. The smallest absolute Gasteiger partial charge is 0.330 e. The highest BCUT2D eigenvalue weighted by Gasteiger charge is 2.45. The number of benzene rings is 2. The maximum absolute atomic E-state index is 13.1. The number of carboxylic acid groups (broad SMARTS) is 1. The molecule has 27 heavy (non-hydrogen) atoms. The molecule has 0 bridgehead atoms. The van der Waals surface area contributed by atoms with Gasteiger partial charge < -0.3 is 10.4 Å². The SMILES string of the molecule is CCCC=Cc1c(C)cccc1C(=O)NC1(C(=O)O)Cc2ccccc2C1. The van der Waals surface area contributed by atoms with Gasteiger partial charge in [0.15, 0.2) is 0 Å². The number of rotatable bonds is 6. The Morgan fingerprint density at radius 1 is 1.11 bits per heavy atom. The van der Waals surface area contributed by atoms with E-state index < -0.39 is 11.5 Å². The first kappa shape index (κ1) is 18.9. The molecule has 0 aromatic heterocycles. The number of aryl methyl sites for hydroxylation is 1. The minimum absolute atomic E-state index is 0.303. The van der Waals surface area contributed by atoms with Gasteiger partial charge in [-0.3, -0.25) is 4.79 Å². The van der Waals surface area contributed by atoms with Crippen molar-refractivity contribution >= 4 is 18.0 Å². The van der Waals surface area contributed by atoms with Crippen molar-refractivity contribution in [3.63, 3.8) is 0 Å². The average molecular weight is 363 g/mol. The third-order valence-corrected chi connectivity index (χ3v) is 5.17. The van der Waals surface area contributed by atoms with E-state index in [2.05, 4.69) is 18.3 Å². The maximum Gasteiger partial charge on any atom is 0.330 e. The predicted molar refractivity (Wildman–Crippen MR) is 107 cm³/mol. The molecule has 0 unspecified atom stereocenters. The number of aliphatic carboxylic acids is 1. The van der Waals surface area contributed by atoms with Crippen LogP contribution >= 0.6 is 0 Å². The van der Waals surface area contributed by atoms with Crippen molar-refractivity contribution in [2.75, 3.05) is 0 Å². The zero-order valence-corrected chi connectivity index (χ0v) is 15.8. The van der Waals surface area contributed by atoms with Crippen LogP contribution in [0.1, 0.15) is 52.4 Å². The van der Waals surface area contributed by atoms with E-state index in [0.29, 0.717) is 18.4 Å². The summed E-state index contributed by atoms with van der Waals surface area (Å²) in [6.45, 7) is 4.06. The topological polar surface area (TPSA) is 66.4 Å². The van der Waals surface area contributed by atoms with Gasteiger partial charge in [0, 0.05) is 18.4 Å². The number of carbonyl (C=O) groups excluding carboxylic acids is 1. The van der Waals surface area contributed by atoms with E-state index in [1.807, 2.05) is 49.4 Å². The van der Waals surface area contributed by atoms with E-state index in [1.165, 1.54) is 0 Å². The number of hydrogen-bond acceptors (Lipinski definition) is 2. The first-order valence-corrected chi connectivity index (χ1v) is 9.35. The van der Waals surface area contributed by atoms with Crippen LogP contribution in [0, 0.1) is 6.92 Å². The second-order valence-electron chi connectivity index (χ2n) is 7.19. The molecule has 0 saturated carbocycles. The minimum Gasteiger partial charge on any atom is -0.479 e. The third kappa shape index (κ3) is 3.80. The molecular weight excluding hydrogens is 338 g/mol. The Morgan fingerprint density at radius 3 is 2.37 bits per heavy atom. The fraction of sp³-hybridized carbons (Fsp3) is 0.304. The van der Waals surface area contributed by atoms with E-state index in [4.69, 9.17) is 0 Å². The molecular formula is C23H25NO3. The van der Waals surface area contributed by atoms with Gasteiger partial charge in [0.05, 0.1) is 0 Å². The normalized spacial score (nSPS) is 14.9. The summed E-state index contributed by atoms with van der Waals surface area (Å²) in [6, 6.07) is 13.2. The predicted octanol–water partition coefficient (Wildman–Crippen LogP) is 4.16. The highest BCUT2D eigenvalue weighted by molar-refractivity contribution is 6.01. The summed E-state index contributed by atoms with van der Waals surface area (Å²) in [7, 11) is 0. The molecule has 4 heteroatoms. The van der Waals surface area contributed by atoms with Crippen LogP contribution in [-0.2, 0) is 17.6 Å². The number of carbonyl (C=O) groups is 2. The quantitative estimate of drug-likeness (QED) is 0.810. The standard InChI is InChI=1S/C23H25NO3/c1-3-4-5-12-19-16(2)9-8-13-20(19)21(25)24-23(22(26)27)14-17-10-6-7-11-18(17)15-23/h5-13H,3-4,14-15H2,1-2H3,(H,24,25)(H,26,27). The van der Waals surface area contributed by atoms with Crippen molar-refractivity contribution < 1.29 is 14.7 Å². The number of fused-ring (bicyclic) bond motifs is 1. The fourth-order valence-corrected chi connectivity index (χ4v) is 3.66. The van der Waals surface area contributed by atoms with Crippen LogP contribution in [0.2, 0.25) is 0 Å². The zero-order valence-electron chi connectivity index (χ0n) is 15.8. The molecule has 0 heterocycles. The van der Waals surface area contributed by atoms with Gasteiger partial charge in [-0.15, -0.1) is 0 Å². The van der Waals surface area contributed by atoms with Crippen LogP contribution in [0.3, 0.4) is 0 Å².